The number of fused-ring (bicyclic) bond motifs is 1. The number of nitrogen functional groups attached to an aromatic ring is 1. The molecule has 6 N–H and O–H groups in total. The van der Waals surface area contributed by atoms with Crippen molar-refractivity contribution in [3.05, 3.63) is 95.1 Å². The van der Waals surface area contributed by atoms with E-state index in [0.717, 1.165) is 12.1 Å². The molecule has 0 amide bonds. The first-order valence-corrected chi connectivity index (χ1v) is 12.7. The summed E-state index contributed by atoms with van der Waals surface area (Å²) in [5.41, 5.74) is 7.34. The third kappa shape index (κ3) is 5.02. The minimum atomic E-state index is -4.21. The average molecular weight is 557 g/mol. The van der Waals surface area contributed by atoms with Gasteiger partial charge in [0.2, 0.25) is 11.6 Å². The van der Waals surface area contributed by atoms with Crippen LogP contribution in [0.4, 0.5) is 24.7 Å². The summed E-state index contributed by atoms with van der Waals surface area (Å²) in [4.78, 5) is 16.0. The first-order valence-electron chi connectivity index (χ1n) is 11.1. The minimum absolute atomic E-state index is 0.00867. The fourth-order valence-electron chi connectivity index (χ4n) is 4.00. The number of ether oxygens (including phenoxy) is 1. The van der Waals surface area contributed by atoms with E-state index >= 15 is 0 Å². The molecule has 2 aromatic heterocycles. The van der Waals surface area contributed by atoms with E-state index in [4.69, 9.17) is 15.6 Å². The normalized spacial score (nSPS) is 11.6. The second kappa shape index (κ2) is 9.49. The Balaban J connectivity index is 1.43. The number of aryl methyl sites for hydroxylation is 1. The quantitative estimate of drug-likeness (QED) is 0.219. The number of ketones is 1. The van der Waals surface area contributed by atoms with E-state index in [1.54, 1.807) is 19.1 Å². The third-order valence-electron chi connectivity index (χ3n) is 5.80. The number of H-pyrrole nitrogens is 1. The Bertz CT molecular complexity index is 1880. The van der Waals surface area contributed by atoms with Gasteiger partial charge in [-0.3, -0.25) is 9.52 Å². The van der Waals surface area contributed by atoms with Crippen molar-refractivity contribution in [1.82, 2.24) is 14.8 Å². The van der Waals surface area contributed by atoms with E-state index in [1.165, 1.54) is 41.2 Å². The van der Waals surface area contributed by atoms with Gasteiger partial charge in [-0.2, -0.15) is 17.9 Å². The number of anilines is 2. The van der Waals surface area contributed by atoms with Gasteiger partial charge in [-0.25, -0.2) is 18.6 Å². The van der Waals surface area contributed by atoms with E-state index in [-0.39, 0.29) is 39.8 Å². The van der Waals surface area contributed by atoms with Crippen molar-refractivity contribution >= 4 is 38.4 Å². The summed E-state index contributed by atoms with van der Waals surface area (Å²) < 4.78 is 72.9. The van der Waals surface area contributed by atoms with Crippen LogP contribution in [0.5, 0.6) is 11.5 Å². The molecule has 0 aliphatic carbocycles. The molecule has 0 fully saturated rings. The number of hydrogen-bond donors (Lipinski definition) is 4. The molecule has 10 nitrogen and oxygen atoms in total. The van der Waals surface area contributed by atoms with Gasteiger partial charge >= 0.3 is 0 Å². The lowest BCUT2D eigenvalue weighted by atomic mass is 10.1. The zero-order valence-corrected chi connectivity index (χ0v) is 20.8. The highest BCUT2D eigenvalue weighted by molar-refractivity contribution is 7.90. The van der Waals surface area contributed by atoms with Crippen molar-refractivity contribution in [3.63, 3.8) is 0 Å². The number of aromatic amines is 1. The molecule has 3 aromatic carbocycles. The first-order chi connectivity index (χ1) is 18.4. The van der Waals surface area contributed by atoms with E-state index in [9.17, 15) is 26.4 Å². The van der Waals surface area contributed by atoms with Crippen molar-refractivity contribution in [2.45, 2.75) is 6.92 Å². The van der Waals surface area contributed by atoms with Crippen LogP contribution in [-0.4, -0.2) is 29.0 Å². The van der Waals surface area contributed by atoms with E-state index in [2.05, 4.69) is 10.1 Å². The van der Waals surface area contributed by atoms with Gasteiger partial charge in [0, 0.05) is 10.9 Å². The molecule has 0 unspecified atom stereocenters. The van der Waals surface area contributed by atoms with Crippen LogP contribution in [0.15, 0.2) is 60.8 Å². The highest BCUT2D eigenvalue weighted by Crippen LogP contribution is 2.30. The zero-order chi connectivity index (χ0) is 28.1. The molecule has 5 aromatic rings. The maximum atomic E-state index is 14.3. The Morgan fingerprint density at radius 2 is 1.85 bits per heavy atom. The predicted octanol–water partition coefficient (Wildman–Crippen LogP) is 4.30. The van der Waals surface area contributed by atoms with E-state index in [1.807, 2.05) is 4.72 Å². The lowest BCUT2D eigenvalue weighted by Gasteiger charge is -2.12. The number of nitrogens with two attached hydrogens (primary N) is 2. The van der Waals surface area contributed by atoms with Gasteiger partial charge in [-0.15, -0.1) is 0 Å². The van der Waals surface area contributed by atoms with Crippen LogP contribution in [0.1, 0.15) is 21.6 Å². The number of carbonyl (C=O) groups is 1. The van der Waals surface area contributed by atoms with Gasteiger partial charge in [0.25, 0.3) is 10.2 Å². The van der Waals surface area contributed by atoms with Gasteiger partial charge in [0.15, 0.2) is 11.6 Å². The van der Waals surface area contributed by atoms with Crippen molar-refractivity contribution < 1.29 is 31.1 Å². The number of benzene rings is 3. The lowest BCUT2D eigenvalue weighted by molar-refractivity contribution is 0.103. The molecule has 0 saturated heterocycles. The number of halogens is 3. The van der Waals surface area contributed by atoms with Crippen molar-refractivity contribution in [2.24, 2.45) is 5.14 Å². The molecule has 14 heteroatoms. The number of hydrogen-bond acceptors (Lipinski definition) is 6. The predicted molar refractivity (Wildman–Crippen MR) is 138 cm³/mol. The molecule has 2 heterocycles. The summed E-state index contributed by atoms with van der Waals surface area (Å²) in [6, 6.07) is 11.9. The Morgan fingerprint density at radius 1 is 1.08 bits per heavy atom. The molecule has 0 bridgehead atoms. The second-order valence-corrected chi connectivity index (χ2v) is 9.83. The van der Waals surface area contributed by atoms with Crippen LogP contribution in [0.3, 0.4) is 0 Å². The summed E-state index contributed by atoms with van der Waals surface area (Å²) >= 11 is 0. The van der Waals surface area contributed by atoms with Crippen LogP contribution < -0.4 is 20.3 Å². The largest absolute Gasteiger partial charge is 0.454 e. The Labute approximate surface area is 219 Å². The van der Waals surface area contributed by atoms with Gasteiger partial charge in [0.1, 0.15) is 17.4 Å². The van der Waals surface area contributed by atoms with Crippen LogP contribution >= 0.6 is 0 Å². The Morgan fingerprint density at radius 3 is 2.56 bits per heavy atom. The first kappa shape index (κ1) is 25.8. The van der Waals surface area contributed by atoms with Gasteiger partial charge in [0.05, 0.1) is 28.8 Å². The topological polar surface area (TPSA) is 158 Å². The summed E-state index contributed by atoms with van der Waals surface area (Å²) in [6.07, 6.45) is 1.27. The number of nitrogens with zero attached hydrogens (tertiary/aromatic N) is 2. The SMILES string of the molecule is Cc1cc(Oc2cccc(F)c2F)ccc1-n1ncc(C(=O)c2cc3cc(F)c(NS(N)(=O)=O)cc3[nH]2)c1N. The number of rotatable bonds is 7. The molecule has 0 aliphatic rings. The Kier molecular flexibility index (Phi) is 6.28. The van der Waals surface area contributed by atoms with E-state index in [0.29, 0.717) is 16.6 Å². The molecule has 5 rings (SSSR count). The summed E-state index contributed by atoms with van der Waals surface area (Å²) in [5.74, 6) is -3.61. The monoisotopic (exact) mass is 556 g/mol. The molecule has 0 saturated carbocycles. The zero-order valence-electron chi connectivity index (χ0n) is 20.0. The van der Waals surface area contributed by atoms with Crippen molar-refractivity contribution in [1.29, 1.82) is 0 Å². The van der Waals surface area contributed by atoms with Crippen LogP contribution in [0.2, 0.25) is 0 Å². The van der Waals surface area contributed by atoms with E-state index < -0.39 is 33.4 Å². The smallest absolute Gasteiger partial charge is 0.296 e. The summed E-state index contributed by atoms with van der Waals surface area (Å²) in [5, 5.41) is 9.43. The lowest BCUT2D eigenvalue weighted by Crippen LogP contribution is -2.22. The highest BCUT2D eigenvalue weighted by Gasteiger charge is 2.21. The fourth-order valence-corrected chi connectivity index (χ4v) is 4.46. The number of carbonyl (C=O) groups excluding carboxylic acids is 1. The molecule has 0 atom stereocenters. The van der Waals surface area contributed by atoms with Crippen molar-refractivity contribution in [3.8, 4) is 17.2 Å². The third-order valence-corrected chi connectivity index (χ3v) is 6.30. The summed E-state index contributed by atoms with van der Waals surface area (Å²) in [7, 11) is -4.21. The molecular formula is C25H19F3N6O4S. The maximum Gasteiger partial charge on any atom is 0.296 e. The van der Waals surface area contributed by atoms with Crippen LogP contribution in [0.25, 0.3) is 16.6 Å². The van der Waals surface area contributed by atoms with Crippen LogP contribution in [0, 0.1) is 24.4 Å². The number of aromatic nitrogens is 3. The highest BCUT2D eigenvalue weighted by atomic mass is 32.2. The maximum absolute atomic E-state index is 14.3. The van der Waals surface area contributed by atoms with Gasteiger partial charge in [-0.05, 0) is 61.0 Å². The fraction of sp³-hybridized carbons (Fsp3) is 0.0400. The summed E-state index contributed by atoms with van der Waals surface area (Å²) in [6.45, 7) is 1.71. The second-order valence-electron chi connectivity index (χ2n) is 8.54. The van der Waals surface area contributed by atoms with Gasteiger partial charge < -0.3 is 15.5 Å². The molecule has 0 aliphatic heterocycles. The molecule has 0 spiro atoms. The molecule has 200 valence electrons. The Hall–Kier alpha value is -4.82. The van der Waals surface area contributed by atoms with Crippen LogP contribution in [-0.2, 0) is 10.2 Å². The number of nitrogens with one attached hydrogen (secondary N) is 2. The standard InChI is InChI=1S/C25H19F3N6O4S/c1-12-7-14(38-22-4-2-3-16(26)23(22)28)5-6-21(12)34-25(29)15(11-31-34)24(35)20-9-13-8-17(27)19(10-18(13)32-20)33-39(30,36)37/h2-11,32-33H,29H2,1H3,(H2,30,36,37). The minimum Gasteiger partial charge on any atom is -0.454 e. The van der Waals surface area contributed by atoms with Crippen molar-refractivity contribution in [2.75, 3.05) is 10.5 Å². The average Bonchev–Trinajstić information content (AvgIpc) is 3.44. The molecule has 39 heavy (non-hydrogen) atoms. The molecule has 0 radical (unpaired) electrons. The van der Waals surface area contributed by atoms with Gasteiger partial charge in [-0.1, -0.05) is 6.07 Å². The molecular weight excluding hydrogens is 537 g/mol.